The Labute approximate surface area is 111 Å². The van der Waals surface area contributed by atoms with Crippen molar-refractivity contribution in [3.63, 3.8) is 0 Å². The summed E-state index contributed by atoms with van der Waals surface area (Å²) in [5, 5.41) is 0. The van der Waals surface area contributed by atoms with Crippen LogP contribution in [0.5, 0.6) is 0 Å². The van der Waals surface area contributed by atoms with E-state index in [0.29, 0.717) is 10.1 Å². The van der Waals surface area contributed by atoms with E-state index in [1.807, 2.05) is 0 Å². The summed E-state index contributed by atoms with van der Waals surface area (Å²) in [4.78, 5) is 13.7. The molecule has 2 nitrogen and oxygen atoms in total. The first-order chi connectivity index (χ1) is 8.19. The Hall–Kier alpha value is -0.870. The molecule has 0 saturated carbocycles. The van der Waals surface area contributed by atoms with Gasteiger partial charge in [0.15, 0.2) is 0 Å². The van der Waals surface area contributed by atoms with E-state index in [0.717, 1.165) is 18.5 Å². The van der Waals surface area contributed by atoms with Crippen molar-refractivity contribution < 1.29 is 4.79 Å². The molecule has 0 aromatic heterocycles. The lowest BCUT2D eigenvalue weighted by Gasteiger charge is -2.22. The van der Waals surface area contributed by atoms with Crippen LogP contribution in [0.25, 0.3) is 0 Å². The molecule has 90 valence electrons. The third kappa shape index (κ3) is 2.24. The van der Waals surface area contributed by atoms with Gasteiger partial charge < -0.3 is 0 Å². The van der Waals surface area contributed by atoms with Crippen LogP contribution in [0.15, 0.2) is 18.2 Å². The van der Waals surface area contributed by atoms with E-state index in [9.17, 15) is 4.79 Å². The van der Waals surface area contributed by atoms with Crippen LogP contribution in [0.4, 0.5) is 5.69 Å². The largest absolute Gasteiger partial charge is 0.273 e. The number of hydrogen-bond donors (Lipinski definition) is 0. The lowest BCUT2D eigenvalue weighted by Crippen LogP contribution is -2.30. The summed E-state index contributed by atoms with van der Waals surface area (Å²) < 4.78 is 0.686. The summed E-state index contributed by atoms with van der Waals surface area (Å²) in [7, 11) is 0. The molecule has 1 aliphatic rings. The van der Waals surface area contributed by atoms with Gasteiger partial charge in [-0.1, -0.05) is 56.0 Å². The first-order valence-corrected chi connectivity index (χ1v) is 7.18. The van der Waals surface area contributed by atoms with E-state index in [4.69, 9.17) is 12.2 Å². The van der Waals surface area contributed by atoms with Crippen LogP contribution in [0.3, 0.4) is 0 Å². The number of aryl methyl sites for hydroxylation is 2. The number of thioether (sulfide) groups is 1. The zero-order valence-corrected chi connectivity index (χ0v) is 11.7. The number of para-hydroxylation sites is 1. The van der Waals surface area contributed by atoms with Gasteiger partial charge in [-0.15, -0.1) is 0 Å². The zero-order chi connectivity index (χ0) is 12.4. The molecule has 2 rings (SSSR count). The quantitative estimate of drug-likeness (QED) is 0.783. The lowest BCUT2D eigenvalue weighted by atomic mass is 10.0. The van der Waals surface area contributed by atoms with Gasteiger partial charge >= 0.3 is 0 Å². The number of hydrogen-bond acceptors (Lipinski definition) is 3. The van der Waals surface area contributed by atoms with Crippen molar-refractivity contribution in [2.45, 2.75) is 26.7 Å². The number of benzene rings is 1. The molecule has 1 saturated heterocycles. The Morgan fingerprint density at radius 1 is 1.29 bits per heavy atom. The molecule has 0 N–H and O–H groups in total. The molecule has 0 spiro atoms. The van der Waals surface area contributed by atoms with E-state index >= 15 is 0 Å². The van der Waals surface area contributed by atoms with Crippen molar-refractivity contribution in [2.75, 3.05) is 10.7 Å². The van der Waals surface area contributed by atoms with Crippen LogP contribution in [-0.4, -0.2) is 16.0 Å². The number of carbonyl (C=O) groups excluding carboxylic acids is 1. The van der Waals surface area contributed by atoms with Crippen molar-refractivity contribution in [3.05, 3.63) is 29.3 Å². The molecule has 1 fully saturated rings. The molecule has 1 aromatic rings. The van der Waals surface area contributed by atoms with E-state index in [1.165, 1.54) is 22.9 Å². The van der Waals surface area contributed by atoms with Crippen molar-refractivity contribution in [1.82, 2.24) is 0 Å². The normalized spacial score (nSPS) is 15.8. The number of carbonyl (C=O) groups is 1. The molecule has 1 amide bonds. The molecule has 1 heterocycles. The van der Waals surface area contributed by atoms with E-state index in [-0.39, 0.29) is 5.91 Å². The van der Waals surface area contributed by atoms with Gasteiger partial charge in [0.05, 0.1) is 11.4 Å². The minimum absolute atomic E-state index is 0.107. The molecule has 0 bridgehead atoms. The molecular weight excluding hydrogens is 250 g/mol. The highest BCUT2D eigenvalue weighted by atomic mass is 32.2. The Balaban J connectivity index is 2.56. The van der Waals surface area contributed by atoms with E-state index < -0.39 is 0 Å². The summed E-state index contributed by atoms with van der Waals surface area (Å²) in [6.45, 7) is 4.21. The fourth-order valence-electron chi connectivity index (χ4n) is 2.07. The fourth-order valence-corrected chi connectivity index (χ4v) is 3.14. The maximum Gasteiger partial charge on any atom is 0.243 e. The molecule has 0 aliphatic carbocycles. The number of amides is 1. The monoisotopic (exact) mass is 265 g/mol. The van der Waals surface area contributed by atoms with E-state index in [2.05, 4.69) is 32.0 Å². The molecule has 0 unspecified atom stereocenters. The molecule has 0 atom stereocenters. The Kier molecular flexibility index (Phi) is 3.84. The van der Waals surface area contributed by atoms with Gasteiger partial charge in [-0.05, 0) is 24.0 Å². The van der Waals surface area contributed by atoms with Gasteiger partial charge in [-0.2, -0.15) is 0 Å². The standard InChI is InChI=1S/C13H15NOS2/c1-3-9-6-5-7-10(4-2)12(9)14-11(15)8-17-13(14)16/h5-7H,3-4,8H2,1-2H3. The zero-order valence-electron chi connectivity index (χ0n) is 10.0. The SMILES string of the molecule is CCc1cccc(CC)c1N1C(=O)CSC1=S. The third-order valence-corrected chi connectivity index (χ3v) is 4.30. The van der Waals surface area contributed by atoms with Gasteiger partial charge in [-0.25, -0.2) is 0 Å². The summed E-state index contributed by atoms with van der Waals surface area (Å²) in [6, 6.07) is 6.21. The van der Waals surface area contributed by atoms with Gasteiger partial charge in [0.25, 0.3) is 0 Å². The molecular formula is C13H15NOS2. The highest BCUT2D eigenvalue weighted by molar-refractivity contribution is 8.24. The van der Waals surface area contributed by atoms with Crippen LogP contribution < -0.4 is 4.90 Å². The number of rotatable bonds is 3. The minimum Gasteiger partial charge on any atom is -0.273 e. The van der Waals surface area contributed by atoms with Crippen molar-refractivity contribution in [1.29, 1.82) is 0 Å². The second kappa shape index (κ2) is 5.19. The Morgan fingerprint density at radius 2 is 1.88 bits per heavy atom. The average molecular weight is 265 g/mol. The van der Waals surface area contributed by atoms with Crippen molar-refractivity contribution in [2.24, 2.45) is 0 Å². The van der Waals surface area contributed by atoms with Gasteiger partial charge in [0.1, 0.15) is 4.32 Å². The van der Waals surface area contributed by atoms with Crippen LogP contribution >= 0.6 is 24.0 Å². The highest BCUT2D eigenvalue weighted by Gasteiger charge is 2.30. The van der Waals surface area contributed by atoms with Crippen LogP contribution in [0.1, 0.15) is 25.0 Å². The minimum atomic E-state index is 0.107. The molecule has 0 radical (unpaired) electrons. The van der Waals surface area contributed by atoms with Gasteiger partial charge in [-0.3, -0.25) is 9.69 Å². The number of thiocarbonyl (C=S) groups is 1. The molecule has 4 heteroatoms. The third-order valence-electron chi connectivity index (χ3n) is 2.94. The topological polar surface area (TPSA) is 20.3 Å². The van der Waals surface area contributed by atoms with Crippen LogP contribution in [0.2, 0.25) is 0 Å². The predicted octanol–water partition coefficient (Wildman–Crippen LogP) is 3.18. The first kappa shape index (κ1) is 12.6. The Bertz CT molecular complexity index is 432. The summed E-state index contributed by atoms with van der Waals surface area (Å²) in [6.07, 6.45) is 1.83. The smallest absolute Gasteiger partial charge is 0.243 e. The molecule has 17 heavy (non-hydrogen) atoms. The first-order valence-electron chi connectivity index (χ1n) is 5.79. The maximum absolute atomic E-state index is 11.9. The Morgan fingerprint density at radius 3 is 2.29 bits per heavy atom. The molecule has 1 aliphatic heterocycles. The predicted molar refractivity (Wildman–Crippen MR) is 77.7 cm³/mol. The van der Waals surface area contributed by atoms with Gasteiger partial charge in [0, 0.05) is 0 Å². The molecule has 1 aromatic carbocycles. The van der Waals surface area contributed by atoms with Crippen molar-refractivity contribution >= 4 is 39.9 Å². The summed E-state index contributed by atoms with van der Waals surface area (Å²) in [5.41, 5.74) is 3.42. The fraction of sp³-hybridized carbons (Fsp3) is 0.385. The number of nitrogens with zero attached hydrogens (tertiary/aromatic N) is 1. The van der Waals surface area contributed by atoms with E-state index in [1.54, 1.807) is 4.90 Å². The second-order valence-electron chi connectivity index (χ2n) is 3.92. The maximum atomic E-state index is 11.9. The highest BCUT2D eigenvalue weighted by Crippen LogP contribution is 2.33. The van der Waals surface area contributed by atoms with Crippen LogP contribution in [0, 0.1) is 0 Å². The number of anilines is 1. The van der Waals surface area contributed by atoms with Crippen molar-refractivity contribution in [3.8, 4) is 0 Å². The lowest BCUT2D eigenvalue weighted by molar-refractivity contribution is -0.115. The average Bonchev–Trinajstić information content (AvgIpc) is 2.68. The van der Waals surface area contributed by atoms with Crippen LogP contribution in [-0.2, 0) is 17.6 Å². The summed E-state index contributed by atoms with van der Waals surface area (Å²) in [5.74, 6) is 0.579. The summed E-state index contributed by atoms with van der Waals surface area (Å²) >= 11 is 6.74. The second-order valence-corrected chi connectivity index (χ2v) is 5.52. The van der Waals surface area contributed by atoms with Gasteiger partial charge in [0.2, 0.25) is 5.91 Å².